The van der Waals surface area contributed by atoms with Crippen molar-refractivity contribution in [3.05, 3.63) is 28.8 Å². The summed E-state index contributed by atoms with van der Waals surface area (Å²) >= 11 is 5.82. The van der Waals surface area contributed by atoms with Crippen LogP contribution in [-0.2, 0) is 4.79 Å². The Bertz CT molecular complexity index is 547. The summed E-state index contributed by atoms with van der Waals surface area (Å²) in [7, 11) is 0. The zero-order valence-electron chi connectivity index (χ0n) is 11.3. The minimum Gasteiger partial charge on any atom is -0.481 e. The van der Waals surface area contributed by atoms with Gasteiger partial charge in [-0.25, -0.2) is 9.37 Å². The first-order valence-corrected chi connectivity index (χ1v) is 6.89. The molecule has 6 nitrogen and oxygen atoms in total. The Morgan fingerprint density at radius 3 is 2.62 bits per heavy atom. The number of carbonyl (C=O) groups is 2. The lowest BCUT2D eigenvalue weighted by atomic mass is 10.2. The average Bonchev–Trinajstić information content (AvgIpc) is 2.47. The third-order valence-corrected chi connectivity index (χ3v) is 3.64. The maximum absolute atomic E-state index is 13.2. The Hall–Kier alpha value is -1.73. The third kappa shape index (κ3) is 4.12. The number of amides is 1. The van der Waals surface area contributed by atoms with Crippen LogP contribution in [0.3, 0.4) is 0 Å². The number of nitrogens with zero attached hydrogens (tertiary/aromatic N) is 3. The number of pyridine rings is 1. The average molecular weight is 316 g/mol. The van der Waals surface area contributed by atoms with E-state index < -0.39 is 11.8 Å². The minimum absolute atomic E-state index is 0.0188. The molecule has 1 aromatic rings. The second-order valence-electron chi connectivity index (χ2n) is 4.77. The van der Waals surface area contributed by atoms with Crippen molar-refractivity contribution in [2.75, 3.05) is 32.7 Å². The van der Waals surface area contributed by atoms with Gasteiger partial charge in [0.1, 0.15) is 11.0 Å². The highest BCUT2D eigenvalue weighted by Crippen LogP contribution is 2.17. The lowest BCUT2D eigenvalue weighted by Crippen LogP contribution is -2.49. The largest absolute Gasteiger partial charge is 0.481 e. The van der Waals surface area contributed by atoms with Crippen molar-refractivity contribution in [1.29, 1.82) is 0 Å². The fourth-order valence-corrected chi connectivity index (χ4v) is 2.36. The molecule has 1 fully saturated rings. The zero-order chi connectivity index (χ0) is 15.4. The highest BCUT2D eigenvalue weighted by Gasteiger charge is 2.24. The molecule has 0 unspecified atom stereocenters. The van der Waals surface area contributed by atoms with Crippen LogP contribution in [0.4, 0.5) is 4.39 Å². The molecule has 1 N–H and O–H groups in total. The van der Waals surface area contributed by atoms with Gasteiger partial charge in [-0.1, -0.05) is 11.6 Å². The van der Waals surface area contributed by atoms with Gasteiger partial charge < -0.3 is 10.0 Å². The molecule has 1 amide bonds. The fraction of sp³-hybridized carbons (Fsp3) is 0.462. The van der Waals surface area contributed by atoms with E-state index in [4.69, 9.17) is 16.7 Å². The number of carboxylic acid groups (broad SMARTS) is 1. The van der Waals surface area contributed by atoms with Crippen molar-refractivity contribution >= 4 is 23.5 Å². The number of piperazine rings is 1. The van der Waals surface area contributed by atoms with Crippen LogP contribution in [0.5, 0.6) is 0 Å². The predicted octanol–water partition coefficient (Wildman–Crippen LogP) is 1.11. The van der Waals surface area contributed by atoms with Crippen LogP contribution in [0.1, 0.15) is 16.8 Å². The number of aliphatic carboxylic acids is 1. The molecule has 1 saturated heterocycles. The summed E-state index contributed by atoms with van der Waals surface area (Å²) in [4.78, 5) is 30.0. The van der Waals surface area contributed by atoms with Gasteiger partial charge in [0.25, 0.3) is 5.91 Å². The normalized spacial score (nSPS) is 16.0. The molecule has 0 bridgehead atoms. The van der Waals surface area contributed by atoms with E-state index in [2.05, 4.69) is 4.98 Å². The number of aromatic nitrogens is 1. The van der Waals surface area contributed by atoms with E-state index in [1.807, 2.05) is 4.90 Å². The summed E-state index contributed by atoms with van der Waals surface area (Å²) in [6.45, 7) is 2.52. The van der Waals surface area contributed by atoms with Crippen molar-refractivity contribution in [2.45, 2.75) is 6.42 Å². The topological polar surface area (TPSA) is 73.7 Å². The Morgan fingerprint density at radius 1 is 1.33 bits per heavy atom. The molecule has 114 valence electrons. The molecule has 1 aliphatic rings. The van der Waals surface area contributed by atoms with Crippen molar-refractivity contribution in [3.8, 4) is 0 Å². The highest BCUT2D eigenvalue weighted by molar-refractivity contribution is 6.32. The van der Waals surface area contributed by atoms with Crippen molar-refractivity contribution < 1.29 is 19.1 Å². The Morgan fingerprint density at radius 2 is 2.00 bits per heavy atom. The van der Waals surface area contributed by atoms with Crippen molar-refractivity contribution in [3.63, 3.8) is 0 Å². The van der Waals surface area contributed by atoms with E-state index in [0.29, 0.717) is 32.7 Å². The molecular formula is C13H15ClFN3O3. The standard InChI is InChI=1S/C13H15ClFN3O3/c14-12-10(7-9(15)8-16-12)13(21)18-5-3-17(4-6-18)2-1-11(19)20/h7-8H,1-6H2,(H,19,20). The Labute approximate surface area is 126 Å². The summed E-state index contributed by atoms with van der Waals surface area (Å²) in [5.74, 6) is -1.81. The molecule has 0 radical (unpaired) electrons. The third-order valence-electron chi connectivity index (χ3n) is 3.34. The van der Waals surface area contributed by atoms with Gasteiger partial charge in [-0.05, 0) is 6.07 Å². The Balaban J connectivity index is 1.94. The molecule has 21 heavy (non-hydrogen) atoms. The molecule has 0 aliphatic carbocycles. The molecule has 8 heteroatoms. The van der Waals surface area contributed by atoms with Crippen LogP contribution in [0.2, 0.25) is 5.15 Å². The zero-order valence-corrected chi connectivity index (χ0v) is 12.0. The maximum atomic E-state index is 13.2. The first kappa shape index (κ1) is 15.7. The van der Waals surface area contributed by atoms with Gasteiger partial charge in [0.05, 0.1) is 18.2 Å². The number of hydrogen-bond acceptors (Lipinski definition) is 4. The monoisotopic (exact) mass is 315 g/mol. The van der Waals surface area contributed by atoms with Crippen LogP contribution in [0, 0.1) is 5.82 Å². The van der Waals surface area contributed by atoms with E-state index in [1.165, 1.54) is 0 Å². The van der Waals surface area contributed by atoms with Crippen LogP contribution in [-0.4, -0.2) is 64.5 Å². The summed E-state index contributed by atoms with van der Waals surface area (Å²) in [5, 5.41) is 8.62. The van der Waals surface area contributed by atoms with E-state index in [1.54, 1.807) is 4.90 Å². The van der Waals surface area contributed by atoms with E-state index >= 15 is 0 Å². The molecule has 1 aliphatic heterocycles. The van der Waals surface area contributed by atoms with Crippen LogP contribution in [0.15, 0.2) is 12.3 Å². The SMILES string of the molecule is O=C(O)CCN1CCN(C(=O)c2cc(F)cnc2Cl)CC1. The maximum Gasteiger partial charge on any atom is 0.304 e. The Kier molecular flexibility index (Phi) is 5.08. The molecule has 0 aromatic carbocycles. The van der Waals surface area contributed by atoms with Gasteiger partial charge in [0.2, 0.25) is 0 Å². The van der Waals surface area contributed by atoms with Gasteiger partial charge in [0.15, 0.2) is 0 Å². The summed E-state index contributed by atoms with van der Waals surface area (Å²) in [6, 6.07) is 1.08. The summed E-state index contributed by atoms with van der Waals surface area (Å²) in [6.07, 6.45) is 1.04. The number of halogens is 2. The second-order valence-corrected chi connectivity index (χ2v) is 5.13. The molecule has 2 heterocycles. The van der Waals surface area contributed by atoms with Gasteiger partial charge in [-0.3, -0.25) is 14.5 Å². The molecule has 0 spiro atoms. The van der Waals surface area contributed by atoms with Gasteiger partial charge in [0, 0.05) is 32.7 Å². The molecule has 0 saturated carbocycles. The lowest BCUT2D eigenvalue weighted by molar-refractivity contribution is -0.137. The molecular weight excluding hydrogens is 301 g/mol. The van der Waals surface area contributed by atoms with Crippen molar-refractivity contribution in [2.24, 2.45) is 0 Å². The van der Waals surface area contributed by atoms with Gasteiger partial charge in [-0.2, -0.15) is 0 Å². The van der Waals surface area contributed by atoms with Crippen LogP contribution < -0.4 is 0 Å². The lowest BCUT2D eigenvalue weighted by Gasteiger charge is -2.34. The highest BCUT2D eigenvalue weighted by atomic mass is 35.5. The van der Waals surface area contributed by atoms with E-state index in [0.717, 1.165) is 12.3 Å². The number of carboxylic acids is 1. The minimum atomic E-state index is -0.842. The summed E-state index contributed by atoms with van der Waals surface area (Å²) < 4.78 is 13.2. The first-order valence-electron chi connectivity index (χ1n) is 6.52. The molecule has 1 aromatic heterocycles. The number of hydrogen-bond donors (Lipinski definition) is 1. The van der Waals surface area contributed by atoms with Crippen LogP contribution >= 0.6 is 11.6 Å². The van der Waals surface area contributed by atoms with Gasteiger partial charge >= 0.3 is 5.97 Å². The molecule has 0 atom stereocenters. The molecule has 2 rings (SSSR count). The van der Waals surface area contributed by atoms with Crippen molar-refractivity contribution in [1.82, 2.24) is 14.8 Å². The second kappa shape index (κ2) is 6.82. The number of carbonyl (C=O) groups excluding carboxylic acids is 1. The first-order chi connectivity index (χ1) is 9.97. The van der Waals surface area contributed by atoms with E-state index in [-0.39, 0.29) is 23.0 Å². The quantitative estimate of drug-likeness (QED) is 0.843. The smallest absolute Gasteiger partial charge is 0.304 e. The number of rotatable bonds is 4. The van der Waals surface area contributed by atoms with Crippen LogP contribution in [0.25, 0.3) is 0 Å². The predicted molar refractivity (Wildman–Crippen MR) is 73.8 cm³/mol. The van der Waals surface area contributed by atoms with E-state index in [9.17, 15) is 14.0 Å². The fourth-order valence-electron chi connectivity index (χ4n) is 2.17. The summed E-state index contributed by atoms with van der Waals surface area (Å²) in [5.41, 5.74) is 0.0515. The van der Waals surface area contributed by atoms with Gasteiger partial charge in [-0.15, -0.1) is 0 Å².